The maximum atomic E-state index is 13.4. The van der Waals surface area contributed by atoms with Crippen molar-refractivity contribution < 1.29 is 14.6 Å². The van der Waals surface area contributed by atoms with Crippen molar-refractivity contribution in [3.05, 3.63) is 24.0 Å². The lowest BCUT2D eigenvalue weighted by molar-refractivity contribution is 0.401. The number of benzene rings is 1. The molecule has 0 aliphatic carbocycles. The number of aromatic amines is 1. The molecule has 0 saturated carbocycles. The van der Waals surface area contributed by atoms with Crippen LogP contribution in [0.1, 0.15) is 0 Å². The molecule has 0 aliphatic rings. The summed E-state index contributed by atoms with van der Waals surface area (Å²) >= 11 is 0. The number of phenolic OH excluding ortho intramolecular Hbond substituents is 2. The number of H-pyrrole nitrogens is 1. The highest BCUT2D eigenvalue weighted by Crippen LogP contribution is 2.37. The lowest BCUT2D eigenvalue weighted by Gasteiger charge is -2.04. The summed E-state index contributed by atoms with van der Waals surface area (Å²) in [6.45, 7) is 0. The summed E-state index contributed by atoms with van der Waals surface area (Å²) in [5.41, 5.74) is 5.40. The van der Waals surface area contributed by atoms with Crippen LogP contribution in [0.3, 0.4) is 0 Å². The molecule has 1 heterocycles. The predicted molar refractivity (Wildman–Crippen MR) is 51.7 cm³/mol. The van der Waals surface area contributed by atoms with E-state index in [9.17, 15) is 14.6 Å². The number of hydrogen-bond donors (Lipinski definition) is 4. The Labute approximate surface area is 84.0 Å². The van der Waals surface area contributed by atoms with E-state index in [-0.39, 0.29) is 17.1 Å². The Morgan fingerprint density at radius 1 is 1.33 bits per heavy atom. The van der Waals surface area contributed by atoms with Gasteiger partial charge in [-0.15, -0.1) is 0 Å². The highest BCUT2D eigenvalue weighted by Gasteiger charge is 2.15. The van der Waals surface area contributed by atoms with E-state index in [0.29, 0.717) is 0 Å². The Hall–Kier alpha value is -2.24. The third-order valence-electron chi connectivity index (χ3n) is 1.97. The standard InChI is InChI=1S/C9H8FN3O2/c10-4-1-2-6(14)9(15)8(4)5-3-7(11)13-12-5/h1-3,14-15H,(H3,11,12,13). The van der Waals surface area contributed by atoms with Crippen LogP contribution in [-0.2, 0) is 0 Å². The quantitative estimate of drug-likeness (QED) is 0.531. The van der Waals surface area contributed by atoms with Crippen molar-refractivity contribution in [2.45, 2.75) is 0 Å². The molecule has 0 radical (unpaired) electrons. The molecule has 1 aromatic heterocycles. The van der Waals surface area contributed by atoms with Crippen LogP contribution in [0.15, 0.2) is 18.2 Å². The van der Waals surface area contributed by atoms with E-state index in [1.165, 1.54) is 6.07 Å². The van der Waals surface area contributed by atoms with Gasteiger partial charge in [-0.25, -0.2) is 4.39 Å². The lowest BCUT2D eigenvalue weighted by Crippen LogP contribution is -1.86. The molecule has 2 rings (SSSR count). The first-order chi connectivity index (χ1) is 7.09. The molecular weight excluding hydrogens is 201 g/mol. The summed E-state index contributed by atoms with van der Waals surface area (Å²) in [5, 5.41) is 24.7. The first-order valence-corrected chi connectivity index (χ1v) is 4.11. The van der Waals surface area contributed by atoms with Gasteiger partial charge >= 0.3 is 0 Å². The van der Waals surface area contributed by atoms with Crippen molar-refractivity contribution in [2.75, 3.05) is 5.73 Å². The molecule has 78 valence electrons. The SMILES string of the molecule is Nc1cc(-c2c(F)ccc(O)c2O)[nH]n1. The van der Waals surface area contributed by atoms with Crippen molar-refractivity contribution in [1.82, 2.24) is 10.2 Å². The number of nitrogen functional groups attached to an aromatic ring is 1. The second-order valence-corrected chi connectivity index (χ2v) is 3.00. The fraction of sp³-hybridized carbons (Fsp3) is 0. The maximum Gasteiger partial charge on any atom is 0.169 e. The molecule has 1 aromatic carbocycles. The van der Waals surface area contributed by atoms with Gasteiger partial charge in [0.05, 0.1) is 11.3 Å². The number of phenols is 2. The smallest absolute Gasteiger partial charge is 0.169 e. The highest BCUT2D eigenvalue weighted by molar-refractivity contribution is 5.72. The van der Waals surface area contributed by atoms with Crippen LogP contribution in [0.25, 0.3) is 11.3 Å². The van der Waals surface area contributed by atoms with Crippen LogP contribution in [0, 0.1) is 5.82 Å². The van der Waals surface area contributed by atoms with Gasteiger partial charge in [0.15, 0.2) is 11.5 Å². The minimum Gasteiger partial charge on any atom is -0.504 e. The number of aromatic hydroxyl groups is 2. The number of hydrogen-bond acceptors (Lipinski definition) is 4. The molecule has 0 spiro atoms. The number of nitrogens with zero attached hydrogens (tertiary/aromatic N) is 1. The summed E-state index contributed by atoms with van der Waals surface area (Å²) < 4.78 is 13.4. The van der Waals surface area contributed by atoms with Gasteiger partial charge in [-0.2, -0.15) is 5.10 Å². The molecule has 5 N–H and O–H groups in total. The topological polar surface area (TPSA) is 95.2 Å². The molecule has 6 heteroatoms. The average Bonchev–Trinajstić information content (AvgIpc) is 2.59. The van der Waals surface area contributed by atoms with Crippen molar-refractivity contribution in [1.29, 1.82) is 0 Å². The summed E-state index contributed by atoms with van der Waals surface area (Å²) in [6, 6.07) is 3.47. The Morgan fingerprint density at radius 3 is 2.67 bits per heavy atom. The van der Waals surface area contributed by atoms with Gasteiger partial charge in [0, 0.05) is 6.07 Å². The molecule has 0 atom stereocenters. The normalized spacial score (nSPS) is 10.5. The second kappa shape index (κ2) is 3.16. The average molecular weight is 209 g/mol. The molecule has 5 nitrogen and oxygen atoms in total. The molecule has 0 fully saturated rings. The van der Waals surface area contributed by atoms with E-state index in [2.05, 4.69) is 10.2 Å². The van der Waals surface area contributed by atoms with Crippen LogP contribution in [-0.4, -0.2) is 20.4 Å². The van der Waals surface area contributed by atoms with E-state index in [0.717, 1.165) is 12.1 Å². The minimum absolute atomic E-state index is 0.154. The van der Waals surface area contributed by atoms with Gasteiger partial charge in [-0.3, -0.25) is 5.10 Å². The molecule has 0 amide bonds. The first-order valence-electron chi connectivity index (χ1n) is 4.11. The zero-order chi connectivity index (χ0) is 11.0. The summed E-state index contributed by atoms with van der Waals surface area (Å²) in [6.07, 6.45) is 0. The molecular formula is C9H8FN3O2. The largest absolute Gasteiger partial charge is 0.504 e. The van der Waals surface area contributed by atoms with E-state index in [4.69, 9.17) is 5.73 Å². The maximum absolute atomic E-state index is 13.4. The molecule has 15 heavy (non-hydrogen) atoms. The van der Waals surface area contributed by atoms with Gasteiger partial charge < -0.3 is 15.9 Å². The number of nitrogens with two attached hydrogens (primary N) is 1. The Morgan fingerprint density at radius 2 is 2.07 bits per heavy atom. The van der Waals surface area contributed by atoms with Crippen LogP contribution in [0.4, 0.5) is 10.2 Å². The van der Waals surface area contributed by atoms with Gasteiger partial charge in [0.2, 0.25) is 0 Å². The van der Waals surface area contributed by atoms with Crippen molar-refractivity contribution >= 4 is 5.82 Å². The Bertz CT molecular complexity index is 510. The van der Waals surface area contributed by atoms with Crippen molar-refractivity contribution in [2.24, 2.45) is 0 Å². The molecule has 0 unspecified atom stereocenters. The van der Waals surface area contributed by atoms with Crippen LogP contribution < -0.4 is 5.73 Å². The zero-order valence-corrected chi connectivity index (χ0v) is 7.53. The van der Waals surface area contributed by atoms with Gasteiger partial charge in [0.25, 0.3) is 0 Å². The molecule has 0 saturated heterocycles. The number of anilines is 1. The number of rotatable bonds is 1. The Balaban J connectivity index is 2.66. The second-order valence-electron chi connectivity index (χ2n) is 3.00. The van der Waals surface area contributed by atoms with E-state index in [1.807, 2.05) is 0 Å². The monoisotopic (exact) mass is 209 g/mol. The van der Waals surface area contributed by atoms with Crippen molar-refractivity contribution in [3.63, 3.8) is 0 Å². The Kier molecular flexibility index (Phi) is 1.96. The van der Waals surface area contributed by atoms with E-state index >= 15 is 0 Å². The zero-order valence-electron chi connectivity index (χ0n) is 7.53. The lowest BCUT2D eigenvalue weighted by atomic mass is 10.1. The van der Waals surface area contributed by atoms with Gasteiger partial charge in [-0.1, -0.05) is 0 Å². The summed E-state index contributed by atoms with van der Waals surface area (Å²) in [7, 11) is 0. The molecule has 0 aliphatic heterocycles. The number of nitrogens with one attached hydrogen (secondary N) is 1. The first kappa shape index (κ1) is 9.32. The fourth-order valence-electron chi connectivity index (χ4n) is 1.28. The van der Waals surface area contributed by atoms with Gasteiger partial charge in [-0.05, 0) is 12.1 Å². The fourth-order valence-corrected chi connectivity index (χ4v) is 1.28. The third kappa shape index (κ3) is 1.45. The predicted octanol–water partition coefficient (Wildman–Crippen LogP) is 1.21. The minimum atomic E-state index is -0.672. The van der Waals surface area contributed by atoms with E-state index in [1.54, 1.807) is 0 Å². The number of aromatic nitrogens is 2. The van der Waals surface area contributed by atoms with Crippen molar-refractivity contribution in [3.8, 4) is 22.8 Å². The molecule has 2 aromatic rings. The number of halogens is 1. The summed E-state index contributed by atoms with van der Waals surface area (Å²) in [5.74, 6) is -1.45. The highest BCUT2D eigenvalue weighted by atomic mass is 19.1. The van der Waals surface area contributed by atoms with Crippen LogP contribution in [0.2, 0.25) is 0 Å². The van der Waals surface area contributed by atoms with Crippen LogP contribution >= 0.6 is 0 Å². The molecule has 0 bridgehead atoms. The van der Waals surface area contributed by atoms with Crippen LogP contribution in [0.5, 0.6) is 11.5 Å². The summed E-state index contributed by atoms with van der Waals surface area (Å²) in [4.78, 5) is 0. The third-order valence-corrected chi connectivity index (χ3v) is 1.97. The van der Waals surface area contributed by atoms with E-state index < -0.39 is 17.3 Å². The van der Waals surface area contributed by atoms with Gasteiger partial charge in [0.1, 0.15) is 11.6 Å².